The van der Waals surface area contributed by atoms with Crippen molar-refractivity contribution in [1.29, 1.82) is 0 Å². The monoisotopic (exact) mass is 410 g/mol. The third-order valence-corrected chi connectivity index (χ3v) is 5.03. The molecule has 0 fully saturated rings. The fourth-order valence-corrected chi connectivity index (χ4v) is 3.65. The average Bonchev–Trinajstić information content (AvgIpc) is 3.07. The number of carbonyl (C=O) groups excluding carboxylic acids is 2. The Kier molecular flexibility index (Phi) is 5.91. The number of cyclic esters (lactones) is 1. The van der Waals surface area contributed by atoms with Crippen LogP contribution in [-0.2, 0) is 22.6 Å². The van der Waals surface area contributed by atoms with E-state index in [1.807, 2.05) is 19.9 Å². The first-order valence-electron chi connectivity index (χ1n) is 9.33. The van der Waals surface area contributed by atoms with Crippen molar-refractivity contribution in [3.63, 3.8) is 0 Å². The zero-order valence-corrected chi connectivity index (χ0v) is 17.2. The second-order valence-electron chi connectivity index (χ2n) is 6.94. The zero-order valence-electron chi connectivity index (χ0n) is 17.2. The van der Waals surface area contributed by atoms with Crippen molar-refractivity contribution < 1.29 is 33.7 Å². The molecular weight excluding hydrogens is 388 g/mol. The molecule has 0 radical (unpaired) electrons. The summed E-state index contributed by atoms with van der Waals surface area (Å²) in [5.41, 5.74) is 3.70. The maximum absolute atomic E-state index is 12.3. The number of hydrogen-bond acceptors (Lipinski definition) is 6. The van der Waals surface area contributed by atoms with E-state index in [1.54, 1.807) is 18.2 Å². The van der Waals surface area contributed by atoms with Crippen LogP contribution < -0.4 is 9.47 Å². The summed E-state index contributed by atoms with van der Waals surface area (Å²) in [6.07, 6.45) is 3.71. The van der Waals surface area contributed by atoms with Gasteiger partial charge in [0.15, 0.2) is 5.75 Å². The van der Waals surface area contributed by atoms with Crippen LogP contribution in [0, 0.1) is 13.8 Å². The largest absolute Gasteiger partial charge is 0.496 e. The molecule has 7 heteroatoms. The van der Waals surface area contributed by atoms with Crippen LogP contribution in [0.1, 0.15) is 55.5 Å². The lowest BCUT2D eigenvalue weighted by Crippen LogP contribution is -2.11. The normalized spacial score (nSPS) is 12.6. The molecule has 0 unspecified atom stereocenters. The number of hydrogen-bond donors (Lipinski definition) is 1. The first-order chi connectivity index (χ1) is 14.3. The van der Waals surface area contributed by atoms with Crippen LogP contribution >= 0.6 is 0 Å². The van der Waals surface area contributed by atoms with Crippen molar-refractivity contribution in [2.75, 3.05) is 7.11 Å². The molecule has 1 heterocycles. The van der Waals surface area contributed by atoms with Crippen LogP contribution in [0.15, 0.2) is 24.3 Å². The third-order valence-electron chi connectivity index (χ3n) is 5.03. The second kappa shape index (κ2) is 8.41. The van der Waals surface area contributed by atoms with Gasteiger partial charge in [-0.05, 0) is 43.0 Å². The number of ether oxygens (including phenoxy) is 3. The standard InChI is InChI=1S/C23H22O7/c1-12-7-5-9-16(22(25)26)15(12)8-6-10-17-20(28-4)13(2)18-11-29-23(27)19(18)21(17)30-14(3)24/h5-9H,10-11H2,1-4H3,(H,25,26). The van der Waals surface area contributed by atoms with Crippen molar-refractivity contribution >= 4 is 24.0 Å². The highest BCUT2D eigenvalue weighted by molar-refractivity contribution is 5.99. The number of benzene rings is 2. The topological polar surface area (TPSA) is 99.1 Å². The molecule has 1 aliphatic heterocycles. The molecule has 7 nitrogen and oxygen atoms in total. The predicted molar refractivity (Wildman–Crippen MR) is 109 cm³/mol. The number of rotatable bonds is 6. The molecule has 30 heavy (non-hydrogen) atoms. The summed E-state index contributed by atoms with van der Waals surface area (Å²) in [5.74, 6) is -1.52. The van der Waals surface area contributed by atoms with Gasteiger partial charge in [0.05, 0.1) is 12.7 Å². The van der Waals surface area contributed by atoms with Gasteiger partial charge in [0.2, 0.25) is 0 Å². The van der Waals surface area contributed by atoms with Crippen molar-refractivity contribution in [2.45, 2.75) is 33.8 Å². The lowest BCUT2D eigenvalue weighted by atomic mass is 9.94. The minimum absolute atomic E-state index is 0.0892. The summed E-state index contributed by atoms with van der Waals surface area (Å²) in [5, 5.41) is 9.44. The average molecular weight is 410 g/mol. The maximum Gasteiger partial charge on any atom is 0.342 e. The van der Waals surface area contributed by atoms with E-state index in [1.165, 1.54) is 20.1 Å². The minimum Gasteiger partial charge on any atom is -0.496 e. The molecule has 0 spiro atoms. The number of esters is 2. The molecule has 0 saturated carbocycles. The number of methoxy groups -OCH3 is 1. The van der Waals surface area contributed by atoms with E-state index in [-0.39, 0.29) is 29.9 Å². The van der Waals surface area contributed by atoms with E-state index in [4.69, 9.17) is 14.2 Å². The Bertz CT molecular complexity index is 1080. The second-order valence-corrected chi connectivity index (χ2v) is 6.94. The van der Waals surface area contributed by atoms with E-state index in [9.17, 15) is 19.5 Å². The van der Waals surface area contributed by atoms with Crippen molar-refractivity contribution in [1.82, 2.24) is 0 Å². The molecule has 0 aromatic heterocycles. The highest BCUT2D eigenvalue weighted by atomic mass is 16.6. The van der Waals surface area contributed by atoms with E-state index < -0.39 is 17.9 Å². The molecule has 0 atom stereocenters. The van der Waals surface area contributed by atoms with Crippen molar-refractivity contribution in [3.8, 4) is 11.5 Å². The van der Waals surface area contributed by atoms with Crippen LogP contribution in [0.5, 0.6) is 11.5 Å². The molecule has 2 aromatic rings. The number of aromatic carboxylic acids is 1. The lowest BCUT2D eigenvalue weighted by molar-refractivity contribution is -0.131. The van der Waals surface area contributed by atoms with E-state index in [0.717, 1.165) is 11.1 Å². The molecule has 0 amide bonds. The quantitative estimate of drug-likeness (QED) is 0.570. The van der Waals surface area contributed by atoms with Gasteiger partial charge in [-0.1, -0.05) is 24.3 Å². The first-order valence-corrected chi connectivity index (χ1v) is 9.33. The van der Waals surface area contributed by atoms with Crippen LogP contribution in [0.3, 0.4) is 0 Å². The Hall–Kier alpha value is -3.61. The van der Waals surface area contributed by atoms with Crippen LogP contribution in [0.2, 0.25) is 0 Å². The van der Waals surface area contributed by atoms with Gasteiger partial charge < -0.3 is 19.3 Å². The molecule has 2 aromatic carbocycles. The summed E-state index contributed by atoms with van der Waals surface area (Å²) in [4.78, 5) is 35.5. The first kappa shape index (κ1) is 21.1. The minimum atomic E-state index is -1.02. The summed E-state index contributed by atoms with van der Waals surface area (Å²) < 4.78 is 16.1. The Morgan fingerprint density at radius 2 is 1.97 bits per heavy atom. The highest BCUT2D eigenvalue weighted by Gasteiger charge is 2.33. The number of carboxylic acids is 1. The van der Waals surface area contributed by atoms with E-state index >= 15 is 0 Å². The molecule has 0 saturated heterocycles. The Balaban J connectivity index is 2.11. The van der Waals surface area contributed by atoms with Crippen LogP contribution in [0.4, 0.5) is 0 Å². The van der Waals surface area contributed by atoms with Crippen LogP contribution in [-0.4, -0.2) is 30.1 Å². The third kappa shape index (κ3) is 3.78. The molecule has 1 N–H and O–H groups in total. The Morgan fingerprint density at radius 3 is 2.60 bits per heavy atom. The lowest BCUT2D eigenvalue weighted by Gasteiger charge is -2.18. The smallest absolute Gasteiger partial charge is 0.342 e. The van der Waals surface area contributed by atoms with Gasteiger partial charge in [-0.25, -0.2) is 9.59 Å². The number of fused-ring (bicyclic) bond motifs is 1. The summed E-state index contributed by atoms with van der Waals surface area (Å²) in [6, 6.07) is 5.05. The van der Waals surface area contributed by atoms with Crippen LogP contribution in [0.25, 0.3) is 6.08 Å². The van der Waals surface area contributed by atoms with Gasteiger partial charge in [-0.15, -0.1) is 0 Å². The molecule has 0 aliphatic carbocycles. The maximum atomic E-state index is 12.3. The fourth-order valence-electron chi connectivity index (χ4n) is 3.65. The molecular formula is C23H22O7. The summed E-state index contributed by atoms with van der Waals surface area (Å²) >= 11 is 0. The summed E-state index contributed by atoms with van der Waals surface area (Å²) in [6.45, 7) is 4.98. The Labute approximate surface area is 173 Å². The van der Waals surface area contributed by atoms with E-state index in [2.05, 4.69) is 0 Å². The summed E-state index contributed by atoms with van der Waals surface area (Å²) in [7, 11) is 1.50. The van der Waals surface area contributed by atoms with Gasteiger partial charge in [-0.3, -0.25) is 4.79 Å². The zero-order chi connectivity index (χ0) is 22.0. The number of carboxylic acid groups (broad SMARTS) is 1. The molecule has 3 rings (SSSR count). The predicted octanol–water partition coefficient (Wildman–Crippen LogP) is 3.86. The number of carbonyl (C=O) groups is 3. The van der Waals surface area contributed by atoms with Gasteiger partial charge in [0.1, 0.15) is 17.9 Å². The SMILES string of the molecule is COc1c(C)c2c(c(OC(C)=O)c1CC=Cc1c(C)cccc1C(=O)O)C(=O)OC2. The van der Waals surface area contributed by atoms with Crippen molar-refractivity contribution in [2.24, 2.45) is 0 Å². The highest BCUT2D eigenvalue weighted by Crippen LogP contribution is 2.42. The van der Waals surface area contributed by atoms with Gasteiger partial charge in [-0.2, -0.15) is 0 Å². The molecule has 1 aliphatic rings. The number of aryl methyl sites for hydroxylation is 1. The number of allylic oxidation sites excluding steroid dienone is 1. The fraction of sp³-hybridized carbons (Fsp3) is 0.261. The molecule has 156 valence electrons. The van der Waals surface area contributed by atoms with Crippen molar-refractivity contribution in [3.05, 3.63) is 63.2 Å². The van der Waals surface area contributed by atoms with Gasteiger partial charge in [0.25, 0.3) is 0 Å². The van der Waals surface area contributed by atoms with Gasteiger partial charge in [0, 0.05) is 18.1 Å². The molecule has 0 bridgehead atoms. The Morgan fingerprint density at radius 1 is 1.23 bits per heavy atom. The van der Waals surface area contributed by atoms with E-state index in [0.29, 0.717) is 22.4 Å². The van der Waals surface area contributed by atoms with Gasteiger partial charge >= 0.3 is 17.9 Å².